The second-order valence-electron chi connectivity index (χ2n) is 8.63. The molecule has 0 saturated carbocycles. The Morgan fingerprint density at radius 3 is 2.59 bits per heavy atom. The fourth-order valence-corrected chi connectivity index (χ4v) is 3.55. The summed E-state index contributed by atoms with van der Waals surface area (Å²) in [5.74, 6) is -0.499. The molecule has 32 heavy (non-hydrogen) atoms. The third-order valence-electron chi connectivity index (χ3n) is 5.02. The van der Waals surface area contributed by atoms with E-state index >= 15 is 0 Å². The van der Waals surface area contributed by atoms with Crippen molar-refractivity contribution in [1.82, 2.24) is 25.9 Å². The Hall–Kier alpha value is -3.18. The van der Waals surface area contributed by atoms with Gasteiger partial charge in [0.15, 0.2) is 0 Å². The first-order valence-electron chi connectivity index (χ1n) is 10.5. The number of aldehydes is 1. The molecule has 2 heterocycles. The van der Waals surface area contributed by atoms with Crippen LogP contribution in [0.25, 0.3) is 0 Å². The number of carbonyl (C=O) groups is 4. The summed E-state index contributed by atoms with van der Waals surface area (Å²) in [6.07, 6.45) is 0.723. The summed E-state index contributed by atoms with van der Waals surface area (Å²) >= 11 is 0. The van der Waals surface area contributed by atoms with Crippen molar-refractivity contribution in [3.8, 4) is 0 Å². The molecular formula is C21H29N5O6. The van der Waals surface area contributed by atoms with Gasteiger partial charge in [-0.15, -0.1) is 5.53 Å². The molecule has 0 aliphatic carbocycles. The maximum absolute atomic E-state index is 12.8. The third-order valence-corrected chi connectivity index (χ3v) is 5.02. The lowest BCUT2D eigenvalue weighted by molar-refractivity contribution is -0.140. The lowest BCUT2D eigenvalue weighted by atomic mass is 10.0. The zero-order chi connectivity index (χ0) is 23.3. The van der Waals surface area contributed by atoms with Crippen molar-refractivity contribution >= 4 is 24.3 Å². The van der Waals surface area contributed by atoms with Crippen LogP contribution in [0, 0.1) is 0 Å². The molecule has 1 aromatic carbocycles. The maximum Gasteiger partial charge on any atom is 0.426 e. The van der Waals surface area contributed by atoms with E-state index in [4.69, 9.17) is 9.57 Å². The number of hydrogen-bond acceptors (Lipinski definition) is 7. The highest BCUT2D eigenvalue weighted by Gasteiger charge is 2.48. The maximum atomic E-state index is 12.8. The summed E-state index contributed by atoms with van der Waals surface area (Å²) in [6.45, 7) is 5.36. The number of fused-ring (bicyclic) bond motifs is 2. The Morgan fingerprint density at radius 2 is 1.94 bits per heavy atom. The van der Waals surface area contributed by atoms with E-state index in [0.717, 1.165) is 10.6 Å². The largest absolute Gasteiger partial charge is 0.443 e. The SMILES string of the molecule is CC(C)(C)OC(=O)N(CC=O)NNC(=O)[C@@H]1CC[C@@H]2CN1C(=O)N2OCc1ccccc1. The molecular weight excluding hydrogens is 418 g/mol. The highest BCUT2D eigenvalue weighted by molar-refractivity contribution is 5.88. The first kappa shape index (κ1) is 23.5. The minimum atomic E-state index is -0.814. The van der Waals surface area contributed by atoms with Crippen LogP contribution in [0.5, 0.6) is 0 Å². The molecule has 1 aromatic rings. The zero-order valence-corrected chi connectivity index (χ0v) is 18.4. The minimum absolute atomic E-state index is 0.128. The number of piperidine rings is 1. The second-order valence-corrected chi connectivity index (χ2v) is 8.63. The molecule has 2 aliphatic rings. The third kappa shape index (κ3) is 5.74. The first-order chi connectivity index (χ1) is 15.2. The predicted molar refractivity (Wildman–Crippen MR) is 112 cm³/mol. The van der Waals surface area contributed by atoms with Crippen molar-refractivity contribution in [1.29, 1.82) is 0 Å². The van der Waals surface area contributed by atoms with Gasteiger partial charge >= 0.3 is 12.1 Å². The van der Waals surface area contributed by atoms with Gasteiger partial charge in [0, 0.05) is 6.54 Å². The summed E-state index contributed by atoms with van der Waals surface area (Å²) in [7, 11) is 0. The van der Waals surface area contributed by atoms with Crippen LogP contribution in [0.1, 0.15) is 39.2 Å². The van der Waals surface area contributed by atoms with Gasteiger partial charge in [-0.25, -0.2) is 14.6 Å². The number of amides is 4. The van der Waals surface area contributed by atoms with Crippen molar-refractivity contribution in [3.05, 3.63) is 35.9 Å². The Labute approximate surface area is 186 Å². The van der Waals surface area contributed by atoms with Crippen molar-refractivity contribution in [2.75, 3.05) is 13.1 Å². The second kappa shape index (κ2) is 9.96. The van der Waals surface area contributed by atoms with E-state index < -0.39 is 23.6 Å². The molecule has 11 heteroatoms. The number of urea groups is 1. The fourth-order valence-electron chi connectivity index (χ4n) is 3.55. The molecule has 2 atom stereocenters. The van der Waals surface area contributed by atoms with E-state index in [-0.39, 0.29) is 25.2 Å². The number of hydroxylamine groups is 2. The number of nitrogens with zero attached hydrogens (tertiary/aromatic N) is 3. The standard InChI is InChI=1S/C21H29N5O6/c1-21(2,3)32-20(30)25(11-12-27)23-22-18(28)17-10-9-16-13-24(17)19(29)26(16)31-14-15-7-5-4-6-8-15/h4-8,12,16-17,23H,9-11,13-14H2,1-3H3,(H,22,28)/t16-,17+/m1/s1. The van der Waals surface area contributed by atoms with Gasteiger partial charge in [-0.2, -0.15) is 5.06 Å². The highest BCUT2D eigenvalue weighted by Crippen LogP contribution is 2.30. The Morgan fingerprint density at radius 1 is 1.22 bits per heavy atom. The van der Waals surface area contributed by atoms with Crippen molar-refractivity contribution in [2.24, 2.45) is 0 Å². The van der Waals surface area contributed by atoms with Gasteiger partial charge in [0.2, 0.25) is 0 Å². The minimum Gasteiger partial charge on any atom is -0.443 e. The van der Waals surface area contributed by atoms with Gasteiger partial charge in [0.05, 0.1) is 12.6 Å². The van der Waals surface area contributed by atoms with Crippen LogP contribution in [0.3, 0.4) is 0 Å². The van der Waals surface area contributed by atoms with Crippen molar-refractivity contribution in [3.63, 3.8) is 0 Å². The van der Waals surface area contributed by atoms with E-state index in [1.54, 1.807) is 20.8 Å². The van der Waals surface area contributed by atoms with Crippen LogP contribution in [0.2, 0.25) is 0 Å². The monoisotopic (exact) mass is 447 g/mol. The summed E-state index contributed by atoms with van der Waals surface area (Å²) in [5.41, 5.74) is 4.99. The van der Waals surface area contributed by atoms with Crippen molar-refractivity contribution in [2.45, 2.75) is 57.9 Å². The zero-order valence-electron chi connectivity index (χ0n) is 18.4. The lowest BCUT2D eigenvalue weighted by Crippen LogP contribution is -2.59. The van der Waals surface area contributed by atoms with Crippen LogP contribution in [-0.2, 0) is 25.8 Å². The summed E-state index contributed by atoms with van der Waals surface area (Å²) < 4.78 is 5.20. The van der Waals surface area contributed by atoms with Gasteiger partial charge in [0.1, 0.15) is 24.5 Å². The molecule has 0 unspecified atom stereocenters. The Balaban J connectivity index is 1.55. The first-order valence-corrected chi connectivity index (χ1v) is 10.5. The van der Waals surface area contributed by atoms with Gasteiger partial charge in [0.25, 0.3) is 5.91 Å². The van der Waals surface area contributed by atoms with Gasteiger partial charge in [-0.1, -0.05) is 30.3 Å². The predicted octanol–water partition coefficient (Wildman–Crippen LogP) is 1.36. The Kier molecular flexibility index (Phi) is 7.31. The summed E-state index contributed by atoms with van der Waals surface area (Å²) in [4.78, 5) is 55.9. The van der Waals surface area contributed by atoms with E-state index in [0.29, 0.717) is 25.7 Å². The van der Waals surface area contributed by atoms with Crippen LogP contribution in [0.4, 0.5) is 9.59 Å². The van der Waals surface area contributed by atoms with E-state index in [2.05, 4.69) is 11.0 Å². The smallest absolute Gasteiger partial charge is 0.426 e. The number of benzene rings is 1. The molecule has 3 rings (SSSR count). The molecule has 2 aliphatic heterocycles. The van der Waals surface area contributed by atoms with Gasteiger partial charge in [-0.05, 0) is 39.2 Å². The lowest BCUT2D eigenvalue weighted by Gasteiger charge is -2.31. The molecule has 2 fully saturated rings. The molecule has 2 N–H and O–H groups in total. The van der Waals surface area contributed by atoms with Crippen LogP contribution in [-0.4, -0.2) is 70.1 Å². The number of hydrogen-bond donors (Lipinski definition) is 2. The van der Waals surface area contributed by atoms with Crippen molar-refractivity contribution < 1.29 is 28.8 Å². The van der Waals surface area contributed by atoms with Gasteiger partial charge in [-0.3, -0.25) is 15.1 Å². The average Bonchev–Trinajstić information content (AvgIpc) is 2.98. The molecule has 11 nitrogen and oxygen atoms in total. The molecule has 2 bridgehead atoms. The Bertz CT molecular complexity index is 843. The average molecular weight is 447 g/mol. The number of nitrogens with one attached hydrogen (secondary N) is 2. The normalized spacial score (nSPS) is 20.2. The van der Waals surface area contributed by atoms with Crippen LogP contribution in [0.15, 0.2) is 30.3 Å². The molecule has 0 spiro atoms. The quantitative estimate of drug-likeness (QED) is 0.456. The molecule has 2 saturated heterocycles. The van der Waals surface area contributed by atoms with E-state index in [1.807, 2.05) is 30.3 Å². The van der Waals surface area contributed by atoms with E-state index in [1.165, 1.54) is 9.96 Å². The fraction of sp³-hybridized carbons (Fsp3) is 0.524. The molecule has 0 aromatic heterocycles. The number of ether oxygens (including phenoxy) is 1. The summed E-state index contributed by atoms with van der Waals surface area (Å²) in [5, 5.41) is 2.19. The number of hydrazine groups is 2. The van der Waals surface area contributed by atoms with Gasteiger partial charge < -0.3 is 14.4 Å². The number of rotatable bonds is 8. The topological polar surface area (TPSA) is 121 Å². The van der Waals surface area contributed by atoms with E-state index in [9.17, 15) is 19.2 Å². The molecule has 0 radical (unpaired) electrons. The number of carbonyl (C=O) groups excluding carboxylic acids is 4. The van der Waals surface area contributed by atoms with Crippen LogP contribution < -0.4 is 11.0 Å². The molecule has 4 amide bonds. The molecule has 174 valence electrons. The summed E-state index contributed by atoms with van der Waals surface area (Å²) in [6, 6.07) is 8.27. The van der Waals surface area contributed by atoms with Crippen LogP contribution >= 0.6 is 0 Å². The highest BCUT2D eigenvalue weighted by atomic mass is 16.7.